The average Bonchev–Trinajstić information content (AvgIpc) is 2.88. The molecule has 2 aliphatic rings. The molecule has 4 heteroatoms. The van der Waals surface area contributed by atoms with Crippen molar-refractivity contribution in [1.82, 2.24) is 10.2 Å². The van der Waals surface area contributed by atoms with Crippen LogP contribution in [0.3, 0.4) is 0 Å². The molecule has 1 saturated heterocycles. The van der Waals surface area contributed by atoms with E-state index in [0.717, 1.165) is 30.4 Å². The van der Waals surface area contributed by atoms with Crippen molar-refractivity contribution in [1.29, 1.82) is 0 Å². The lowest BCUT2D eigenvalue weighted by Gasteiger charge is -2.42. The van der Waals surface area contributed by atoms with Gasteiger partial charge in [0.05, 0.1) is 5.41 Å². The largest absolute Gasteiger partial charge is 0.352 e. The van der Waals surface area contributed by atoms with Gasteiger partial charge in [-0.05, 0) is 55.2 Å². The van der Waals surface area contributed by atoms with Crippen LogP contribution < -0.4 is 5.32 Å². The molecule has 2 aromatic rings. The maximum Gasteiger partial charge on any atom is 0.226 e. The minimum absolute atomic E-state index is 0.0696. The average molecular weight is 443 g/mol. The molecule has 0 aromatic heterocycles. The smallest absolute Gasteiger partial charge is 0.226 e. The third-order valence-electron chi connectivity index (χ3n) is 7.12. The Morgan fingerprint density at radius 2 is 1.79 bits per heavy atom. The minimum Gasteiger partial charge on any atom is -0.352 e. The zero-order chi connectivity index (χ0) is 23.1. The first-order valence-corrected chi connectivity index (χ1v) is 12.1. The Bertz CT molecular complexity index is 1000. The number of amides is 2. The van der Waals surface area contributed by atoms with Gasteiger partial charge in [-0.25, -0.2) is 0 Å². The Labute approximate surface area is 197 Å². The first-order valence-electron chi connectivity index (χ1n) is 12.1. The molecule has 4 rings (SSSR count). The Hall–Kier alpha value is -3.14. The number of piperidine rings is 1. The normalized spacial score (nSPS) is 19.6. The van der Waals surface area contributed by atoms with E-state index in [2.05, 4.69) is 60.4 Å². The van der Waals surface area contributed by atoms with Gasteiger partial charge in [-0.1, -0.05) is 72.8 Å². The van der Waals surface area contributed by atoms with E-state index in [-0.39, 0.29) is 17.7 Å². The van der Waals surface area contributed by atoms with E-state index in [0.29, 0.717) is 38.9 Å². The number of carbonyl (C=O) groups is 2. The number of nitrogens with zero attached hydrogens (tertiary/aromatic N) is 1. The highest BCUT2D eigenvalue weighted by Gasteiger charge is 2.42. The Kier molecular flexibility index (Phi) is 7.43. The predicted molar refractivity (Wildman–Crippen MR) is 134 cm³/mol. The van der Waals surface area contributed by atoms with Crippen LogP contribution in [0.15, 0.2) is 79.4 Å². The van der Waals surface area contributed by atoms with E-state index < -0.39 is 5.41 Å². The minimum atomic E-state index is -0.512. The van der Waals surface area contributed by atoms with Crippen molar-refractivity contribution in [2.45, 2.75) is 38.5 Å². The summed E-state index contributed by atoms with van der Waals surface area (Å²) in [5, 5.41) is 3.05. The van der Waals surface area contributed by atoms with Gasteiger partial charge < -0.3 is 10.2 Å². The van der Waals surface area contributed by atoms with E-state index in [4.69, 9.17) is 0 Å². The van der Waals surface area contributed by atoms with Gasteiger partial charge in [0.15, 0.2) is 0 Å². The summed E-state index contributed by atoms with van der Waals surface area (Å²) >= 11 is 0. The predicted octanol–water partition coefficient (Wildman–Crippen LogP) is 5.16. The lowest BCUT2D eigenvalue weighted by atomic mass is 9.72. The Morgan fingerprint density at radius 3 is 2.48 bits per heavy atom. The second kappa shape index (κ2) is 10.7. The van der Waals surface area contributed by atoms with E-state index in [1.807, 2.05) is 23.1 Å². The van der Waals surface area contributed by atoms with Crippen molar-refractivity contribution in [3.05, 3.63) is 85.0 Å². The lowest BCUT2D eigenvalue weighted by Crippen LogP contribution is -2.52. The number of allylic oxidation sites excluding steroid dienone is 2. The maximum absolute atomic E-state index is 13.3. The SMILES string of the molecule is C=CCNC(=O)C1(Cc2cccc(-c3ccccc3)c2)CCN(C(=O)[C@@H]2CC=CCC2)CC1. The van der Waals surface area contributed by atoms with Gasteiger partial charge in [0, 0.05) is 25.6 Å². The fourth-order valence-electron chi connectivity index (χ4n) is 5.15. The fraction of sp³-hybridized carbons (Fsp3) is 0.379. The van der Waals surface area contributed by atoms with Crippen molar-refractivity contribution in [3.63, 3.8) is 0 Å². The summed E-state index contributed by atoms with van der Waals surface area (Å²) in [5.41, 5.74) is 2.98. The van der Waals surface area contributed by atoms with Crippen LogP contribution in [0.25, 0.3) is 11.1 Å². The third-order valence-corrected chi connectivity index (χ3v) is 7.12. The molecule has 2 aromatic carbocycles. The molecule has 0 saturated carbocycles. The molecule has 0 unspecified atom stereocenters. The number of hydrogen-bond donors (Lipinski definition) is 1. The maximum atomic E-state index is 13.3. The van der Waals surface area contributed by atoms with Gasteiger partial charge in [0.1, 0.15) is 0 Å². The zero-order valence-corrected chi connectivity index (χ0v) is 19.3. The molecule has 1 aliphatic carbocycles. The summed E-state index contributed by atoms with van der Waals surface area (Å²) in [6.07, 6.45) is 10.8. The number of carbonyl (C=O) groups excluding carboxylic acids is 2. The quantitative estimate of drug-likeness (QED) is 0.602. The van der Waals surface area contributed by atoms with Gasteiger partial charge in [-0.15, -0.1) is 6.58 Å². The summed E-state index contributed by atoms with van der Waals surface area (Å²) in [7, 11) is 0. The molecule has 0 bridgehead atoms. The monoisotopic (exact) mass is 442 g/mol. The molecule has 1 atom stereocenters. The van der Waals surface area contributed by atoms with Crippen molar-refractivity contribution >= 4 is 11.8 Å². The lowest BCUT2D eigenvalue weighted by molar-refractivity contribution is -0.143. The molecule has 1 heterocycles. The van der Waals surface area contributed by atoms with Crippen LogP contribution in [-0.2, 0) is 16.0 Å². The second-order valence-corrected chi connectivity index (χ2v) is 9.33. The van der Waals surface area contributed by atoms with Gasteiger partial charge in [-0.3, -0.25) is 9.59 Å². The number of likely N-dealkylation sites (tertiary alicyclic amines) is 1. The molecule has 2 amide bonds. The van der Waals surface area contributed by atoms with Crippen LogP contribution in [0.1, 0.15) is 37.7 Å². The summed E-state index contributed by atoms with van der Waals surface area (Å²) in [6, 6.07) is 18.8. The zero-order valence-electron chi connectivity index (χ0n) is 19.3. The molecule has 172 valence electrons. The second-order valence-electron chi connectivity index (χ2n) is 9.33. The first kappa shape index (κ1) is 23.0. The molecule has 1 N–H and O–H groups in total. The van der Waals surface area contributed by atoms with E-state index in [1.165, 1.54) is 5.56 Å². The van der Waals surface area contributed by atoms with Crippen molar-refractivity contribution in [3.8, 4) is 11.1 Å². The molecular formula is C29H34N2O2. The molecular weight excluding hydrogens is 408 g/mol. The molecule has 4 nitrogen and oxygen atoms in total. The molecule has 0 radical (unpaired) electrons. The molecule has 1 aliphatic heterocycles. The number of rotatable bonds is 7. The van der Waals surface area contributed by atoms with Crippen molar-refractivity contribution in [2.75, 3.05) is 19.6 Å². The highest BCUT2D eigenvalue weighted by molar-refractivity contribution is 5.84. The number of benzene rings is 2. The van der Waals surface area contributed by atoms with E-state index in [9.17, 15) is 9.59 Å². The van der Waals surface area contributed by atoms with Gasteiger partial charge in [-0.2, -0.15) is 0 Å². The Balaban J connectivity index is 1.51. The first-order chi connectivity index (χ1) is 16.1. The van der Waals surface area contributed by atoms with Crippen molar-refractivity contribution in [2.24, 2.45) is 11.3 Å². The van der Waals surface area contributed by atoms with Crippen LogP contribution in [0.2, 0.25) is 0 Å². The van der Waals surface area contributed by atoms with Crippen molar-refractivity contribution < 1.29 is 9.59 Å². The fourth-order valence-corrected chi connectivity index (χ4v) is 5.15. The van der Waals surface area contributed by atoms with Crippen LogP contribution in [0, 0.1) is 11.3 Å². The number of nitrogens with one attached hydrogen (secondary N) is 1. The summed E-state index contributed by atoms with van der Waals surface area (Å²) in [6.45, 7) is 5.48. The molecule has 1 fully saturated rings. The molecule has 33 heavy (non-hydrogen) atoms. The van der Waals surface area contributed by atoms with E-state index >= 15 is 0 Å². The van der Waals surface area contributed by atoms with Crippen LogP contribution in [-0.4, -0.2) is 36.3 Å². The third kappa shape index (κ3) is 5.44. The van der Waals surface area contributed by atoms with Crippen LogP contribution in [0.4, 0.5) is 0 Å². The highest BCUT2D eigenvalue weighted by Crippen LogP contribution is 2.37. The topological polar surface area (TPSA) is 49.4 Å². The summed E-state index contributed by atoms with van der Waals surface area (Å²) in [4.78, 5) is 28.4. The van der Waals surface area contributed by atoms with Gasteiger partial charge in [0.25, 0.3) is 0 Å². The van der Waals surface area contributed by atoms with Gasteiger partial charge >= 0.3 is 0 Å². The number of hydrogen-bond acceptors (Lipinski definition) is 2. The Morgan fingerprint density at radius 1 is 1.03 bits per heavy atom. The summed E-state index contributed by atoms with van der Waals surface area (Å²) < 4.78 is 0. The summed E-state index contributed by atoms with van der Waals surface area (Å²) in [5.74, 6) is 0.422. The van der Waals surface area contributed by atoms with E-state index in [1.54, 1.807) is 6.08 Å². The van der Waals surface area contributed by atoms with Crippen LogP contribution in [0.5, 0.6) is 0 Å². The van der Waals surface area contributed by atoms with Gasteiger partial charge in [0.2, 0.25) is 11.8 Å². The highest BCUT2D eigenvalue weighted by atomic mass is 16.2. The van der Waals surface area contributed by atoms with Crippen LogP contribution >= 0.6 is 0 Å². The molecule has 0 spiro atoms. The standard InChI is InChI=1S/C29H34N2O2/c1-2-18-30-28(33)29(16-19-31(20-17-29)27(32)25-13-7-4-8-14-25)22-23-10-9-15-26(21-23)24-11-5-3-6-12-24/h2-7,9-12,15,21,25H,1,8,13-14,16-20,22H2,(H,30,33)/t25-/m1/s1.